The minimum Gasteiger partial charge on any atom is -0.305 e. The lowest BCUT2D eigenvalue weighted by Gasteiger charge is -2.11. The van der Waals surface area contributed by atoms with Crippen LogP contribution in [-0.2, 0) is 23.6 Å². The van der Waals surface area contributed by atoms with Crippen LogP contribution in [-0.4, -0.2) is 32.6 Å². The van der Waals surface area contributed by atoms with Crippen LogP contribution in [0.15, 0.2) is 33.8 Å². The van der Waals surface area contributed by atoms with Crippen LogP contribution < -0.4 is 0 Å². The van der Waals surface area contributed by atoms with Crippen molar-refractivity contribution >= 4 is 23.6 Å². The summed E-state index contributed by atoms with van der Waals surface area (Å²) in [5.41, 5.74) is 0. The Kier molecular flexibility index (Phi) is 5.81. The maximum absolute atomic E-state index is 12.0. The molecule has 0 atom stereocenters. The number of aromatic nitrogens is 1. The fourth-order valence-corrected chi connectivity index (χ4v) is 3.58. The third-order valence-corrected chi connectivity index (χ3v) is 4.79. The van der Waals surface area contributed by atoms with Crippen LogP contribution in [0.2, 0.25) is 0 Å². The molecule has 1 aromatic rings. The van der Waals surface area contributed by atoms with Crippen molar-refractivity contribution < 1.29 is 22.0 Å². The van der Waals surface area contributed by atoms with Crippen molar-refractivity contribution in [3.8, 4) is 0 Å². The summed E-state index contributed by atoms with van der Waals surface area (Å²) >= 11 is 0. The molecule has 0 unspecified atom stereocenters. The van der Waals surface area contributed by atoms with Gasteiger partial charge in [-0.15, -0.1) is 0 Å². The monoisotopic (exact) mass is 306 g/mol. The highest BCUT2D eigenvalue weighted by Gasteiger charge is 2.23. The molecule has 0 fully saturated rings. The van der Waals surface area contributed by atoms with E-state index in [2.05, 4.69) is 9.38 Å². The lowest BCUT2D eigenvalue weighted by molar-refractivity contribution is 0.233. The van der Waals surface area contributed by atoms with Gasteiger partial charge < -0.3 is 9.05 Å². The van der Waals surface area contributed by atoms with Crippen LogP contribution in [0, 0.1) is 0 Å². The average molecular weight is 306 g/mol. The quantitative estimate of drug-likeness (QED) is 0.565. The van der Waals surface area contributed by atoms with Crippen LogP contribution in [0.5, 0.6) is 0 Å². The van der Waals surface area contributed by atoms with Crippen LogP contribution in [0.3, 0.4) is 0 Å². The summed E-state index contributed by atoms with van der Waals surface area (Å²) in [5.74, 6) is 0.698. The molecule has 0 N–H and O–H groups in total. The van der Waals surface area contributed by atoms with Gasteiger partial charge >= 0.3 is 7.60 Å². The second-order valence-corrected chi connectivity index (χ2v) is 6.65. The summed E-state index contributed by atoms with van der Waals surface area (Å²) in [6, 6.07) is 4.38. The maximum atomic E-state index is 12.0. The van der Waals surface area contributed by atoms with Gasteiger partial charge in [-0.25, -0.2) is 4.98 Å². The zero-order chi connectivity index (χ0) is 14.4. The Labute approximate surface area is 112 Å². The lowest BCUT2D eigenvalue weighted by atomic mass is 10.5. The molecule has 19 heavy (non-hydrogen) atoms. The Morgan fingerprint density at radius 3 is 2.42 bits per heavy atom. The largest absolute Gasteiger partial charge is 0.373 e. The van der Waals surface area contributed by atoms with Crippen LogP contribution in [0.25, 0.3) is 0 Å². The molecule has 106 valence electrons. The second kappa shape index (κ2) is 6.91. The minimum atomic E-state index is -4.00. The van der Waals surface area contributed by atoms with E-state index in [1.807, 2.05) is 0 Å². The van der Waals surface area contributed by atoms with Crippen LogP contribution >= 0.6 is 7.60 Å². The summed E-state index contributed by atoms with van der Waals surface area (Å²) in [5, 5.41) is -0.231. The molecule has 0 spiro atoms. The number of sulfonamides is 1. The zero-order valence-electron chi connectivity index (χ0n) is 10.6. The van der Waals surface area contributed by atoms with Gasteiger partial charge in [0.2, 0.25) is 0 Å². The van der Waals surface area contributed by atoms with E-state index >= 15 is 0 Å². The van der Waals surface area contributed by atoms with Crippen molar-refractivity contribution in [1.29, 1.82) is 0 Å². The Hall–Kier alpha value is -1.08. The number of rotatable bonds is 7. The SMILES string of the molecule is CCOP(=O)(C=NS(=O)(=O)c1ccccn1)OCC. The minimum absolute atomic E-state index is 0.118. The number of nitrogens with zero attached hydrogens (tertiary/aromatic N) is 2. The molecule has 0 amide bonds. The van der Waals surface area contributed by atoms with E-state index in [0.29, 0.717) is 5.96 Å². The van der Waals surface area contributed by atoms with Crippen molar-refractivity contribution in [3.63, 3.8) is 0 Å². The fourth-order valence-electron chi connectivity index (χ4n) is 1.14. The average Bonchev–Trinajstić information content (AvgIpc) is 2.38. The van der Waals surface area contributed by atoms with Gasteiger partial charge in [-0.3, -0.25) is 4.57 Å². The smallest absolute Gasteiger partial charge is 0.305 e. The predicted molar refractivity (Wildman–Crippen MR) is 70.8 cm³/mol. The van der Waals surface area contributed by atoms with Gasteiger partial charge in [0.15, 0.2) is 5.03 Å². The van der Waals surface area contributed by atoms with Crippen LogP contribution in [0.4, 0.5) is 0 Å². The van der Waals surface area contributed by atoms with Crippen molar-refractivity contribution in [1.82, 2.24) is 4.98 Å². The molecule has 1 rings (SSSR count). The highest BCUT2D eigenvalue weighted by molar-refractivity contribution is 7.91. The molecule has 1 heterocycles. The first-order valence-corrected chi connectivity index (χ1v) is 8.60. The molecule has 0 aromatic carbocycles. The Bertz CT molecular complexity index is 563. The second-order valence-electron chi connectivity index (χ2n) is 3.24. The molecule has 7 nitrogen and oxygen atoms in total. The van der Waals surface area contributed by atoms with E-state index in [-0.39, 0.29) is 18.2 Å². The van der Waals surface area contributed by atoms with Gasteiger partial charge in [0.05, 0.1) is 13.2 Å². The van der Waals surface area contributed by atoms with Gasteiger partial charge in [-0.2, -0.15) is 12.8 Å². The topological polar surface area (TPSA) is 94.9 Å². The Balaban J connectivity index is 2.99. The molecule has 0 saturated heterocycles. The van der Waals surface area contributed by atoms with Crippen molar-refractivity contribution in [2.24, 2.45) is 4.40 Å². The van der Waals surface area contributed by atoms with Gasteiger partial charge in [-0.05, 0) is 26.0 Å². The van der Waals surface area contributed by atoms with Gasteiger partial charge in [-0.1, -0.05) is 6.07 Å². The van der Waals surface area contributed by atoms with E-state index in [4.69, 9.17) is 9.05 Å². The third-order valence-electron chi connectivity index (χ3n) is 1.85. The van der Waals surface area contributed by atoms with Gasteiger partial charge in [0.1, 0.15) is 5.96 Å². The van der Waals surface area contributed by atoms with Crippen LogP contribution in [0.1, 0.15) is 13.8 Å². The van der Waals surface area contributed by atoms with Crippen molar-refractivity contribution in [3.05, 3.63) is 24.4 Å². The molecule has 0 radical (unpaired) electrons. The number of hydrogen-bond donors (Lipinski definition) is 0. The normalized spacial score (nSPS) is 12.9. The zero-order valence-corrected chi connectivity index (χ0v) is 12.3. The van der Waals surface area contributed by atoms with Crippen molar-refractivity contribution in [2.45, 2.75) is 18.9 Å². The summed E-state index contributed by atoms with van der Waals surface area (Å²) in [4.78, 5) is 3.67. The molecule has 0 aliphatic rings. The first-order chi connectivity index (χ1) is 8.93. The third kappa shape index (κ3) is 4.83. The first-order valence-electron chi connectivity index (χ1n) is 5.55. The lowest BCUT2D eigenvalue weighted by Crippen LogP contribution is -2.02. The van der Waals surface area contributed by atoms with Gasteiger partial charge in [0, 0.05) is 6.20 Å². The molecular weight excluding hydrogens is 291 g/mol. The standard InChI is InChI=1S/C10H15N2O5PS/c1-3-16-18(13,17-4-2)9-12-19(14,15)10-7-5-6-8-11-10/h5-9H,3-4H2,1-2H3. The molecular formula is C10H15N2O5PS. The summed E-state index contributed by atoms with van der Waals surface area (Å²) in [6.45, 7) is 3.47. The van der Waals surface area contributed by atoms with E-state index in [0.717, 1.165) is 0 Å². The van der Waals surface area contributed by atoms with E-state index < -0.39 is 17.6 Å². The molecule has 0 saturated carbocycles. The Morgan fingerprint density at radius 2 is 1.95 bits per heavy atom. The number of pyridine rings is 1. The fraction of sp³-hybridized carbons (Fsp3) is 0.400. The predicted octanol–water partition coefficient (Wildman–Crippen LogP) is 2.06. The molecule has 1 aromatic heterocycles. The maximum Gasteiger partial charge on any atom is 0.373 e. The summed E-state index contributed by atoms with van der Waals surface area (Å²) < 4.78 is 48.7. The van der Waals surface area contributed by atoms with E-state index in [1.165, 1.54) is 18.3 Å². The molecule has 0 aliphatic carbocycles. The summed E-state index contributed by atoms with van der Waals surface area (Å²) in [6.07, 6.45) is 1.33. The molecule has 0 bridgehead atoms. The van der Waals surface area contributed by atoms with E-state index in [1.54, 1.807) is 19.9 Å². The Morgan fingerprint density at radius 1 is 1.32 bits per heavy atom. The molecule has 0 aliphatic heterocycles. The van der Waals surface area contributed by atoms with E-state index in [9.17, 15) is 13.0 Å². The highest BCUT2D eigenvalue weighted by Crippen LogP contribution is 2.45. The van der Waals surface area contributed by atoms with Gasteiger partial charge in [0.25, 0.3) is 10.0 Å². The first kappa shape index (κ1) is 16.0. The number of hydrogen-bond acceptors (Lipinski definition) is 6. The molecule has 9 heteroatoms. The highest BCUT2D eigenvalue weighted by atomic mass is 32.2. The van der Waals surface area contributed by atoms with Crippen molar-refractivity contribution in [2.75, 3.05) is 13.2 Å². The summed E-state index contributed by atoms with van der Waals surface area (Å²) in [7, 11) is -7.64.